The Hall–Kier alpha value is -3.24. The van der Waals surface area contributed by atoms with E-state index in [0.29, 0.717) is 32.3 Å². The topological polar surface area (TPSA) is 73.8 Å². The fourth-order valence-electron chi connectivity index (χ4n) is 4.35. The molecule has 4 aromatic rings. The first-order valence-corrected chi connectivity index (χ1v) is 13.9. The summed E-state index contributed by atoms with van der Waals surface area (Å²) in [5.74, 6) is 0.449. The normalized spacial score (nSPS) is 15.6. The first-order chi connectivity index (χ1) is 17.9. The highest BCUT2D eigenvalue weighted by molar-refractivity contribution is 14.1. The van der Waals surface area contributed by atoms with E-state index in [0.717, 1.165) is 14.9 Å². The average molecular weight is 625 g/mol. The molecule has 6 nitrogen and oxygen atoms in total. The number of hydrogen-bond donors (Lipinski definition) is 0. The lowest BCUT2D eigenvalue weighted by atomic mass is 9.91. The van der Waals surface area contributed by atoms with Gasteiger partial charge in [0, 0.05) is 11.6 Å². The van der Waals surface area contributed by atoms with Crippen molar-refractivity contribution in [3.8, 4) is 0 Å². The minimum atomic E-state index is -0.689. The molecule has 1 aliphatic heterocycles. The van der Waals surface area contributed by atoms with Crippen LogP contribution in [0.2, 0.25) is 0 Å². The van der Waals surface area contributed by atoms with Gasteiger partial charge in [0.1, 0.15) is 5.76 Å². The second-order valence-corrected chi connectivity index (χ2v) is 11.0. The van der Waals surface area contributed by atoms with Crippen LogP contribution in [0.15, 0.2) is 86.5 Å². The molecule has 0 N–H and O–H groups in total. The number of hydrogen-bond acceptors (Lipinski definition) is 6. The van der Waals surface area contributed by atoms with E-state index in [1.54, 1.807) is 17.6 Å². The summed E-state index contributed by atoms with van der Waals surface area (Å²) >= 11 is 3.37. The Morgan fingerprint density at radius 1 is 1.14 bits per heavy atom. The molecule has 2 aromatic carbocycles. The minimum absolute atomic E-state index is 0.213. The van der Waals surface area contributed by atoms with Crippen molar-refractivity contribution in [1.29, 1.82) is 0 Å². The highest BCUT2D eigenvalue weighted by atomic mass is 127. The molecule has 0 spiro atoms. The van der Waals surface area contributed by atoms with Crippen LogP contribution in [0.25, 0.3) is 11.8 Å². The van der Waals surface area contributed by atoms with E-state index in [4.69, 9.17) is 14.1 Å². The second-order valence-electron chi connectivity index (χ2n) is 8.89. The van der Waals surface area contributed by atoms with Crippen molar-refractivity contribution >= 4 is 51.7 Å². The number of fused-ring (bicyclic) bond motifs is 1. The summed E-state index contributed by atoms with van der Waals surface area (Å²) in [4.78, 5) is 32.7. The Morgan fingerprint density at radius 2 is 1.86 bits per heavy atom. The molecule has 0 saturated heterocycles. The van der Waals surface area contributed by atoms with Crippen LogP contribution in [0.4, 0.5) is 0 Å². The maximum atomic E-state index is 13.8. The van der Waals surface area contributed by atoms with Gasteiger partial charge < -0.3 is 9.15 Å². The molecular weight excluding hydrogens is 599 g/mol. The number of thiazole rings is 1. The van der Waals surface area contributed by atoms with Gasteiger partial charge in [0.25, 0.3) is 5.56 Å². The van der Waals surface area contributed by atoms with Gasteiger partial charge in [-0.25, -0.2) is 9.79 Å². The first kappa shape index (κ1) is 25.4. The Bertz CT molecular complexity index is 1660. The predicted octanol–water partition coefficient (Wildman–Crippen LogP) is 5.26. The third-order valence-electron chi connectivity index (χ3n) is 6.16. The Labute approximate surface area is 231 Å². The molecule has 0 amide bonds. The van der Waals surface area contributed by atoms with Crippen molar-refractivity contribution < 1.29 is 13.9 Å². The van der Waals surface area contributed by atoms with Gasteiger partial charge in [-0.1, -0.05) is 79.8 Å². The average Bonchev–Trinajstić information content (AvgIpc) is 3.45. The van der Waals surface area contributed by atoms with Crippen LogP contribution in [0.3, 0.4) is 0 Å². The minimum Gasteiger partial charge on any atom is -0.463 e. The first-order valence-electron chi connectivity index (χ1n) is 12.0. The number of furan rings is 1. The number of aromatic nitrogens is 1. The molecule has 3 heterocycles. The highest BCUT2D eigenvalue weighted by Crippen LogP contribution is 2.35. The molecule has 1 atom stereocenters. The van der Waals surface area contributed by atoms with E-state index in [2.05, 4.69) is 36.4 Å². The maximum absolute atomic E-state index is 13.8. The molecule has 0 bridgehead atoms. The number of rotatable bonds is 6. The molecule has 0 radical (unpaired) electrons. The predicted molar refractivity (Wildman–Crippen MR) is 153 cm³/mol. The van der Waals surface area contributed by atoms with Gasteiger partial charge in [0.2, 0.25) is 0 Å². The van der Waals surface area contributed by atoms with Gasteiger partial charge >= 0.3 is 5.97 Å². The standard InChI is InChI=1S/C29H25IN2O4S/c1-4-35-28(34)24-25(19-8-6-5-7-9-19)31-29-32(26(24)20-12-10-18(11-13-20)17(2)3)27(33)22(37-29)16-21-14-15-23(30)36-21/h5-17,26H,4H2,1-3H3/b22-16-/t26-/m0/s1. The second kappa shape index (κ2) is 10.6. The van der Waals surface area contributed by atoms with Gasteiger partial charge in [-0.05, 0) is 58.7 Å². The molecule has 2 aromatic heterocycles. The monoisotopic (exact) mass is 624 g/mol. The van der Waals surface area contributed by atoms with E-state index in [1.165, 1.54) is 16.9 Å². The quantitative estimate of drug-likeness (QED) is 0.217. The van der Waals surface area contributed by atoms with Crippen molar-refractivity contribution in [1.82, 2.24) is 4.57 Å². The Balaban J connectivity index is 1.81. The van der Waals surface area contributed by atoms with Gasteiger partial charge in [0.05, 0.1) is 28.5 Å². The third-order valence-corrected chi connectivity index (χ3v) is 7.72. The number of carbonyl (C=O) groups excluding carboxylic acids is 1. The van der Waals surface area contributed by atoms with E-state index in [-0.39, 0.29) is 12.2 Å². The zero-order valence-corrected chi connectivity index (χ0v) is 23.6. The molecule has 0 unspecified atom stereocenters. The van der Waals surface area contributed by atoms with Gasteiger partial charge in [0.15, 0.2) is 8.57 Å². The summed E-state index contributed by atoms with van der Waals surface area (Å²) in [7, 11) is 0. The molecule has 1 aliphatic rings. The number of esters is 1. The molecule has 0 aliphatic carbocycles. The van der Waals surface area contributed by atoms with Crippen LogP contribution in [-0.2, 0) is 9.53 Å². The molecule has 5 rings (SSSR count). The fourth-order valence-corrected chi connectivity index (χ4v) is 5.77. The van der Waals surface area contributed by atoms with Crippen LogP contribution >= 0.6 is 33.9 Å². The van der Waals surface area contributed by atoms with Crippen LogP contribution in [0, 0.1) is 3.77 Å². The number of ether oxygens (including phenoxy) is 1. The smallest absolute Gasteiger partial charge is 0.338 e. The SMILES string of the molecule is CCOC(=O)C1=C(c2ccccc2)N=c2s/c(=C\c3ccc(I)o3)c(=O)n2[C@H]1c1ccc(C(C)C)cc1. The fraction of sp³-hybridized carbons (Fsp3) is 0.207. The summed E-state index contributed by atoms with van der Waals surface area (Å²) < 4.78 is 14.0. The summed E-state index contributed by atoms with van der Waals surface area (Å²) in [5.41, 5.74) is 3.40. The lowest BCUT2D eigenvalue weighted by Gasteiger charge is -2.26. The largest absolute Gasteiger partial charge is 0.463 e. The molecule has 0 fully saturated rings. The van der Waals surface area contributed by atoms with Gasteiger partial charge in [-0.3, -0.25) is 9.36 Å². The lowest BCUT2D eigenvalue weighted by molar-refractivity contribution is -0.138. The molecule has 37 heavy (non-hydrogen) atoms. The summed E-state index contributed by atoms with van der Waals surface area (Å²) in [6.07, 6.45) is 1.72. The van der Waals surface area contributed by atoms with E-state index in [1.807, 2.05) is 66.7 Å². The van der Waals surface area contributed by atoms with Crippen molar-refractivity contribution in [3.05, 3.63) is 118 Å². The summed E-state index contributed by atoms with van der Waals surface area (Å²) in [5, 5.41) is 0. The Kier molecular flexibility index (Phi) is 7.30. The number of halogens is 1. The van der Waals surface area contributed by atoms with Crippen LogP contribution < -0.4 is 14.9 Å². The summed E-state index contributed by atoms with van der Waals surface area (Å²) in [6, 6.07) is 20.6. The molecular formula is C29H25IN2O4S. The highest BCUT2D eigenvalue weighted by Gasteiger charge is 2.35. The van der Waals surface area contributed by atoms with E-state index in [9.17, 15) is 9.59 Å². The number of benzene rings is 2. The maximum Gasteiger partial charge on any atom is 0.338 e. The zero-order chi connectivity index (χ0) is 26.1. The van der Waals surface area contributed by atoms with Crippen LogP contribution in [0.5, 0.6) is 0 Å². The molecule has 8 heteroatoms. The van der Waals surface area contributed by atoms with E-state index >= 15 is 0 Å². The van der Waals surface area contributed by atoms with E-state index < -0.39 is 12.0 Å². The van der Waals surface area contributed by atoms with Gasteiger partial charge in [-0.2, -0.15) is 0 Å². The van der Waals surface area contributed by atoms with Crippen molar-refractivity contribution in [3.63, 3.8) is 0 Å². The van der Waals surface area contributed by atoms with Crippen LogP contribution in [-0.4, -0.2) is 17.1 Å². The van der Waals surface area contributed by atoms with Crippen molar-refractivity contribution in [2.75, 3.05) is 6.61 Å². The third kappa shape index (κ3) is 5.00. The van der Waals surface area contributed by atoms with Gasteiger partial charge in [-0.15, -0.1) is 0 Å². The lowest BCUT2D eigenvalue weighted by Crippen LogP contribution is -2.40. The van der Waals surface area contributed by atoms with Crippen LogP contribution in [0.1, 0.15) is 55.2 Å². The number of carbonyl (C=O) groups is 1. The number of nitrogens with zero attached hydrogens (tertiary/aromatic N) is 2. The van der Waals surface area contributed by atoms with Crippen molar-refractivity contribution in [2.45, 2.75) is 32.7 Å². The zero-order valence-electron chi connectivity index (χ0n) is 20.6. The molecule has 0 saturated carbocycles. The summed E-state index contributed by atoms with van der Waals surface area (Å²) in [6.45, 7) is 6.24. The Morgan fingerprint density at radius 3 is 2.49 bits per heavy atom. The van der Waals surface area contributed by atoms with Crippen molar-refractivity contribution in [2.24, 2.45) is 4.99 Å². The molecule has 188 valence electrons.